The van der Waals surface area contributed by atoms with Crippen LogP contribution in [0.3, 0.4) is 0 Å². The van der Waals surface area contributed by atoms with Crippen LogP contribution in [-0.2, 0) is 4.79 Å². The second-order valence-corrected chi connectivity index (χ2v) is 7.01. The molecule has 1 aliphatic rings. The Kier molecular flexibility index (Phi) is 11.2. The molecule has 8 heteroatoms. The van der Waals surface area contributed by atoms with Crippen molar-refractivity contribution in [2.45, 2.75) is 25.7 Å². The lowest BCUT2D eigenvalue weighted by atomic mass is 9.93. The first-order chi connectivity index (χ1) is 13.0. The number of hydrogen-bond acceptors (Lipinski definition) is 3. The van der Waals surface area contributed by atoms with Crippen molar-refractivity contribution in [3.8, 4) is 0 Å². The van der Waals surface area contributed by atoms with Crippen LogP contribution >= 0.6 is 24.0 Å². The Morgan fingerprint density at radius 2 is 2.00 bits per heavy atom. The molecule has 0 radical (unpaired) electrons. The quantitative estimate of drug-likeness (QED) is 0.259. The number of halogens is 2. The number of likely N-dealkylation sites (tertiary alicyclic amines) is 1. The molecular formula is C20H33FIN5O. The van der Waals surface area contributed by atoms with Gasteiger partial charge in [0.1, 0.15) is 5.82 Å². The minimum atomic E-state index is -0.191. The van der Waals surface area contributed by atoms with Crippen LogP contribution in [0.25, 0.3) is 0 Å². The second kappa shape index (κ2) is 12.8. The number of piperidine rings is 1. The van der Waals surface area contributed by atoms with Crippen LogP contribution < -0.4 is 15.5 Å². The summed E-state index contributed by atoms with van der Waals surface area (Å²) in [6.07, 6.45) is 3.50. The van der Waals surface area contributed by atoms with Crippen LogP contribution in [0.15, 0.2) is 29.3 Å². The van der Waals surface area contributed by atoms with Crippen LogP contribution in [-0.4, -0.2) is 64.1 Å². The van der Waals surface area contributed by atoms with Gasteiger partial charge in [0.05, 0.1) is 5.69 Å². The maximum absolute atomic E-state index is 13.8. The summed E-state index contributed by atoms with van der Waals surface area (Å²) in [5.74, 6) is 1.29. The van der Waals surface area contributed by atoms with Gasteiger partial charge in [-0.05, 0) is 37.3 Å². The molecule has 1 heterocycles. The number of carbonyl (C=O) groups excluding carboxylic acids is 1. The number of benzene rings is 1. The SMILES string of the molecule is CN=C(NCCCN(C)c1ccccc1F)N1CCC(CC(=O)NC)CC1.I. The number of nitrogens with zero attached hydrogens (tertiary/aromatic N) is 3. The van der Waals surface area contributed by atoms with Gasteiger partial charge in [-0.1, -0.05) is 12.1 Å². The van der Waals surface area contributed by atoms with E-state index in [-0.39, 0.29) is 35.7 Å². The van der Waals surface area contributed by atoms with Crippen molar-refractivity contribution in [1.29, 1.82) is 0 Å². The molecule has 1 fully saturated rings. The zero-order valence-electron chi connectivity index (χ0n) is 17.1. The van der Waals surface area contributed by atoms with Crippen molar-refractivity contribution >= 4 is 41.5 Å². The second-order valence-electron chi connectivity index (χ2n) is 7.01. The average Bonchev–Trinajstić information content (AvgIpc) is 2.69. The molecule has 1 amide bonds. The van der Waals surface area contributed by atoms with Crippen molar-refractivity contribution in [3.05, 3.63) is 30.1 Å². The number of nitrogens with one attached hydrogen (secondary N) is 2. The van der Waals surface area contributed by atoms with E-state index in [1.54, 1.807) is 26.2 Å². The summed E-state index contributed by atoms with van der Waals surface area (Å²) in [5.41, 5.74) is 0.625. The number of para-hydroxylation sites is 1. The van der Waals surface area contributed by atoms with Crippen LogP contribution in [0.4, 0.5) is 10.1 Å². The highest BCUT2D eigenvalue weighted by Gasteiger charge is 2.22. The average molecular weight is 505 g/mol. The minimum Gasteiger partial charge on any atom is -0.372 e. The first kappa shape index (κ1) is 24.5. The molecule has 1 saturated heterocycles. The summed E-state index contributed by atoms with van der Waals surface area (Å²) in [6.45, 7) is 3.37. The zero-order chi connectivity index (χ0) is 19.6. The third-order valence-corrected chi connectivity index (χ3v) is 5.10. The summed E-state index contributed by atoms with van der Waals surface area (Å²) in [4.78, 5) is 20.1. The Hall–Kier alpha value is -1.58. The molecule has 0 aromatic heterocycles. The number of carbonyl (C=O) groups is 1. The van der Waals surface area contributed by atoms with E-state index in [4.69, 9.17) is 0 Å². The maximum atomic E-state index is 13.8. The number of rotatable bonds is 7. The lowest BCUT2D eigenvalue weighted by Gasteiger charge is -2.34. The smallest absolute Gasteiger partial charge is 0.220 e. The Morgan fingerprint density at radius 3 is 2.61 bits per heavy atom. The summed E-state index contributed by atoms with van der Waals surface area (Å²) in [7, 11) is 5.39. The molecule has 0 bridgehead atoms. The Balaban J connectivity index is 0.00000392. The van der Waals surface area contributed by atoms with Crippen molar-refractivity contribution < 1.29 is 9.18 Å². The van der Waals surface area contributed by atoms with Crippen molar-refractivity contribution in [1.82, 2.24) is 15.5 Å². The molecule has 0 unspecified atom stereocenters. The summed E-state index contributed by atoms with van der Waals surface area (Å²) in [6, 6.07) is 6.84. The monoisotopic (exact) mass is 505 g/mol. The molecule has 0 spiro atoms. The van der Waals surface area contributed by atoms with E-state index in [1.165, 1.54) is 6.07 Å². The van der Waals surface area contributed by atoms with Crippen molar-refractivity contribution in [2.24, 2.45) is 10.9 Å². The van der Waals surface area contributed by atoms with Gasteiger partial charge < -0.3 is 20.4 Å². The Labute approximate surface area is 185 Å². The van der Waals surface area contributed by atoms with E-state index in [9.17, 15) is 9.18 Å². The molecule has 6 nitrogen and oxygen atoms in total. The predicted molar refractivity (Wildman–Crippen MR) is 124 cm³/mol. The van der Waals surface area contributed by atoms with Gasteiger partial charge in [-0.25, -0.2) is 4.39 Å². The number of aliphatic imine (C=N–C) groups is 1. The summed E-state index contributed by atoms with van der Waals surface area (Å²) >= 11 is 0. The van der Waals surface area contributed by atoms with E-state index < -0.39 is 0 Å². The van der Waals surface area contributed by atoms with Crippen LogP contribution in [0.5, 0.6) is 0 Å². The van der Waals surface area contributed by atoms with Crippen LogP contribution in [0, 0.1) is 11.7 Å². The molecule has 2 rings (SSSR count). The first-order valence-corrected chi connectivity index (χ1v) is 9.67. The molecule has 1 aromatic rings. The largest absolute Gasteiger partial charge is 0.372 e. The molecular weight excluding hydrogens is 472 g/mol. The van der Waals surface area contributed by atoms with Crippen LogP contribution in [0.1, 0.15) is 25.7 Å². The van der Waals surface area contributed by atoms with E-state index in [0.29, 0.717) is 18.0 Å². The Morgan fingerprint density at radius 1 is 1.32 bits per heavy atom. The fourth-order valence-electron chi connectivity index (χ4n) is 3.44. The highest BCUT2D eigenvalue weighted by molar-refractivity contribution is 14.0. The maximum Gasteiger partial charge on any atom is 0.220 e. The molecule has 1 aliphatic heterocycles. The molecule has 0 atom stereocenters. The topological polar surface area (TPSA) is 60.0 Å². The summed E-state index contributed by atoms with van der Waals surface area (Å²) < 4.78 is 13.8. The highest BCUT2D eigenvalue weighted by atomic mass is 127. The minimum absolute atomic E-state index is 0. The fourth-order valence-corrected chi connectivity index (χ4v) is 3.44. The van der Waals surface area contributed by atoms with Gasteiger partial charge in [0.25, 0.3) is 0 Å². The molecule has 2 N–H and O–H groups in total. The predicted octanol–water partition coefficient (Wildman–Crippen LogP) is 2.69. The lowest BCUT2D eigenvalue weighted by Crippen LogP contribution is -2.46. The van der Waals surface area contributed by atoms with E-state index in [1.807, 2.05) is 18.0 Å². The van der Waals surface area contributed by atoms with E-state index in [0.717, 1.165) is 51.4 Å². The normalized spacial score (nSPS) is 15.0. The van der Waals surface area contributed by atoms with Gasteiger partial charge in [-0.2, -0.15) is 0 Å². The van der Waals surface area contributed by atoms with Gasteiger partial charge in [-0.15, -0.1) is 24.0 Å². The van der Waals surface area contributed by atoms with Gasteiger partial charge in [0.2, 0.25) is 5.91 Å². The number of guanidine groups is 1. The Bertz CT molecular complexity index is 635. The van der Waals surface area contributed by atoms with Crippen LogP contribution in [0.2, 0.25) is 0 Å². The van der Waals surface area contributed by atoms with Crippen molar-refractivity contribution in [3.63, 3.8) is 0 Å². The molecule has 28 heavy (non-hydrogen) atoms. The molecule has 1 aromatic carbocycles. The van der Waals surface area contributed by atoms with E-state index >= 15 is 0 Å². The summed E-state index contributed by atoms with van der Waals surface area (Å²) in [5, 5.41) is 6.10. The zero-order valence-corrected chi connectivity index (χ0v) is 19.4. The fraction of sp³-hybridized carbons (Fsp3) is 0.600. The third-order valence-electron chi connectivity index (χ3n) is 5.10. The highest BCUT2D eigenvalue weighted by Crippen LogP contribution is 2.20. The van der Waals surface area contributed by atoms with Gasteiger partial charge >= 0.3 is 0 Å². The van der Waals surface area contributed by atoms with E-state index in [2.05, 4.69) is 20.5 Å². The number of amides is 1. The lowest BCUT2D eigenvalue weighted by molar-refractivity contribution is -0.121. The molecule has 0 saturated carbocycles. The number of anilines is 1. The van der Waals surface area contributed by atoms with Gasteiger partial charge in [-0.3, -0.25) is 9.79 Å². The van der Waals surface area contributed by atoms with Gasteiger partial charge in [0, 0.05) is 53.7 Å². The third kappa shape index (κ3) is 7.44. The van der Waals surface area contributed by atoms with Gasteiger partial charge in [0.15, 0.2) is 5.96 Å². The molecule has 0 aliphatic carbocycles. The number of hydrogen-bond donors (Lipinski definition) is 2. The van der Waals surface area contributed by atoms with Crippen molar-refractivity contribution in [2.75, 3.05) is 52.2 Å². The molecule has 158 valence electrons. The standard InChI is InChI=1S/C20H32FN5O.HI/c1-22-19(27)15-16-9-13-26(14-10-16)20(23-2)24-11-6-12-25(3)18-8-5-4-7-17(18)21;/h4-5,7-8,16H,6,9-15H2,1-3H3,(H,22,27)(H,23,24);1H. The first-order valence-electron chi connectivity index (χ1n) is 9.67.